The van der Waals surface area contributed by atoms with Gasteiger partial charge in [-0.3, -0.25) is 9.59 Å². The minimum absolute atomic E-state index is 0.0683. The van der Waals surface area contributed by atoms with Crippen LogP contribution in [0.1, 0.15) is 303 Å². The molecule has 0 aromatic heterocycles. The number of aliphatic hydroxyl groups excluding tert-OH is 2. The van der Waals surface area contributed by atoms with Crippen LogP contribution in [0.15, 0.2) is 36.5 Å². The standard InChI is InChI=1S/C59H111NO5/c1-4-7-10-13-16-19-22-25-27-28-29-31-34-37-40-43-46-49-52-59(64)65-55(50-47-44-41-38-35-32-24-21-18-15-12-9-6-3)53-58(63)60-56(54-61)57(62)51-48-45-42-39-36-33-30-26-23-20-17-14-11-8-5-2/h9,12,15,18,21,24,55-57,61-62H,4-8,10-11,13-14,16-17,19-20,22-23,25-54H2,1-3H3,(H,60,63)/b12-9+,18-15+,24-21+. The Balaban J connectivity index is 4.49. The Labute approximate surface area is 404 Å². The number of carbonyl (C=O) groups excluding carboxylic acids is 2. The number of amides is 1. The van der Waals surface area contributed by atoms with Gasteiger partial charge in [0, 0.05) is 6.42 Å². The Kier molecular flexibility index (Phi) is 51.5. The van der Waals surface area contributed by atoms with E-state index in [4.69, 9.17) is 4.74 Å². The van der Waals surface area contributed by atoms with Crippen molar-refractivity contribution >= 4 is 11.9 Å². The van der Waals surface area contributed by atoms with Gasteiger partial charge in [-0.05, 0) is 44.9 Å². The molecule has 1 amide bonds. The first-order valence-corrected chi connectivity index (χ1v) is 28.7. The van der Waals surface area contributed by atoms with E-state index in [0.29, 0.717) is 19.3 Å². The molecular formula is C59H111NO5. The van der Waals surface area contributed by atoms with Crippen molar-refractivity contribution in [3.8, 4) is 0 Å². The van der Waals surface area contributed by atoms with E-state index in [-0.39, 0.29) is 24.9 Å². The Morgan fingerprint density at radius 3 is 1.25 bits per heavy atom. The van der Waals surface area contributed by atoms with Gasteiger partial charge in [0.2, 0.25) is 5.91 Å². The molecule has 0 fully saturated rings. The molecule has 0 radical (unpaired) electrons. The van der Waals surface area contributed by atoms with E-state index < -0.39 is 18.2 Å². The number of hydrogen-bond acceptors (Lipinski definition) is 5. The van der Waals surface area contributed by atoms with Gasteiger partial charge in [0.25, 0.3) is 0 Å². The molecule has 0 heterocycles. The van der Waals surface area contributed by atoms with Crippen molar-refractivity contribution in [3.63, 3.8) is 0 Å². The van der Waals surface area contributed by atoms with Gasteiger partial charge in [-0.1, -0.05) is 282 Å². The van der Waals surface area contributed by atoms with Crippen LogP contribution >= 0.6 is 0 Å². The topological polar surface area (TPSA) is 95.9 Å². The highest BCUT2D eigenvalue weighted by Gasteiger charge is 2.24. The maximum absolute atomic E-state index is 13.3. The third kappa shape index (κ3) is 48.3. The van der Waals surface area contributed by atoms with Gasteiger partial charge in [0.05, 0.1) is 25.2 Å². The molecule has 382 valence electrons. The van der Waals surface area contributed by atoms with Crippen LogP contribution in [0.4, 0.5) is 0 Å². The van der Waals surface area contributed by atoms with E-state index in [1.807, 2.05) is 0 Å². The van der Waals surface area contributed by atoms with Crippen molar-refractivity contribution < 1.29 is 24.5 Å². The summed E-state index contributed by atoms with van der Waals surface area (Å²) >= 11 is 0. The monoisotopic (exact) mass is 914 g/mol. The maximum atomic E-state index is 13.3. The summed E-state index contributed by atoms with van der Waals surface area (Å²) in [5.74, 6) is -0.478. The van der Waals surface area contributed by atoms with Crippen molar-refractivity contribution in [1.29, 1.82) is 0 Å². The molecule has 65 heavy (non-hydrogen) atoms. The van der Waals surface area contributed by atoms with Crippen molar-refractivity contribution in [2.24, 2.45) is 0 Å². The van der Waals surface area contributed by atoms with E-state index in [0.717, 1.165) is 77.0 Å². The molecule has 0 aliphatic heterocycles. The quantitative estimate of drug-likeness (QED) is 0.0321. The fourth-order valence-electron chi connectivity index (χ4n) is 8.96. The third-order valence-corrected chi connectivity index (χ3v) is 13.3. The Morgan fingerprint density at radius 1 is 0.462 bits per heavy atom. The fraction of sp³-hybridized carbons (Fsp3) is 0.864. The van der Waals surface area contributed by atoms with E-state index in [9.17, 15) is 19.8 Å². The number of esters is 1. The lowest BCUT2D eigenvalue weighted by Gasteiger charge is -2.24. The Morgan fingerprint density at radius 2 is 0.831 bits per heavy atom. The zero-order valence-corrected chi connectivity index (χ0v) is 43.6. The SMILES string of the molecule is CC/C=C/C=C/C=C/CCCCCCCC(CC(=O)NC(CO)C(O)CCCCCCCCCCCCCCCCC)OC(=O)CCCCCCCCCCCCCCCCCCCC. The van der Waals surface area contributed by atoms with Crippen molar-refractivity contribution in [1.82, 2.24) is 5.32 Å². The second-order valence-electron chi connectivity index (χ2n) is 19.7. The van der Waals surface area contributed by atoms with Crippen LogP contribution in [0.2, 0.25) is 0 Å². The first kappa shape index (κ1) is 63.1. The molecule has 6 nitrogen and oxygen atoms in total. The summed E-state index contributed by atoms with van der Waals surface area (Å²) < 4.78 is 5.95. The summed E-state index contributed by atoms with van der Waals surface area (Å²) in [6.45, 7) is 6.39. The average Bonchev–Trinajstić information content (AvgIpc) is 3.30. The largest absolute Gasteiger partial charge is 0.462 e. The summed E-state index contributed by atoms with van der Waals surface area (Å²) in [5.41, 5.74) is 0. The number of hydrogen-bond donors (Lipinski definition) is 3. The van der Waals surface area contributed by atoms with Gasteiger partial charge in [0.15, 0.2) is 0 Å². The lowest BCUT2D eigenvalue weighted by molar-refractivity contribution is -0.151. The van der Waals surface area contributed by atoms with Gasteiger partial charge in [-0.25, -0.2) is 0 Å². The molecule has 3 atom stereocenters. The molecule has 0 aromatic carbocycles. The molecular weight excluding hydrogens is 803 g/mol. The van der Waals surface area contributed by atoms with E-state index in [1.54, 1.807) is 0 Å². The summed E-state index contributed by atoms with van der Waals surface area (Å²) in [4.78, 5) is 26.2. The summed E-state index contributed by atoms with van der Waals surface area (Å²) in [7, 11) is 0. The van der Waals surface area contributed by atoms with Gasteiger partial charge < -0.3 is 20.3 Å². The van der Waals surface area contributed by atoms with Crippen LogP contribution < -0.4 is 5.32 Å². The van der Waals surface area contributed by atoms with Crippen LogP contribution in [-0.4, -0.2) is 46.9 Å². The first-order chi connectivity index (χ1) is 32.0. The molecule has 0 rings (SSSR count). The number of ether oxygens (including phenoxy) is 1. The summed E-state index contributed by atoms with van der Waals surface area (Å²) in [6, 6.07) is -0.706. The molecule has 0 aliphatic carbocycles. The zero-order valence-electron chi connectivity index (χ0n) is 43.6. The highest BCUT2D eigenvalue weighted by Crippen LogP contribution is 2.19. The van der Waals surface area contributed by atoms with E-state index in [2.05, 4.69) is 62.5 Å². The molecule has 0 aliphatic rings. The van der Waals surface area contributed by atoms with Crippen molar-refractivity contribution in [2.75, 3.05) is 6.61 Å². The van der Waals surface area contributed by atoms with Crippen LogP contribution in [0.3, 0.4) is 0 Å². The average molecular weight is 915 g/mol. The van der Waals surface area contributed by atoms with E-state index in [1.165, 1.54) is 180 Å². The molecule has 6 heteroatoms. The highest BCUT2D eigenvalue weighted by molar-refractivity contribution is 5.77. The second-order valence-corrected chi connectivity index (χ2v) is 19.7. The smallest absolute Gasteiger partial charge is 0.306 e. The minimum Gasteiger partial charge on any atom is -0.462 e. The lowest BCUT2D eigenvalue weighted by Crippen LogP contribution is -2.46. The van der Waals surface area contributed by atoms with Crippen molar-refractivity contribution in [3.05, 3.63) is 36.5 Å². The Bertz CT molecular complexity index is 1070. The van der Waals surface area contributed by atoms with Crippen molar-refractivity contribution in [2.45, 2.75) is 322 Å². The number of nitrogens with one attached hydrogen (secondary N) is 1. The van der Waals surface area contributed by atoms with Gasteiger partial charge in [0.1, 0.15) is 6.10 Å². The second kappa shape index (κ2) is 53.0. The number of rotatable bonds is 52. The maximum Gasteiger partial charge on any atom is 0.306 e. The highest BCUT2D eigenvalue weighted by atomic mass is 16.5. The Hall–Kier alpha value is -1.92. The van der Waals surface area contributed by atoms with Crippen LogP contribution in [-0.2, 0) is 14.3 Å². The molecule has 0 saturated heterocycles. The number of aliphatic hydroxyl groups is 2. The number of unbranched alkanes of at least 4 members (excludes halogenated alkanes) is 36. The van der Waals surface area contributed by atoms with Gasteiger partial charge in [-0.2, -0.15) is 0 Å². The predicted octanol–water partition coefficient (Wildman–Crippen LogP) is 17.6. The molecule has 0 saturated carbocycles. The summed E-state index contributed by atoms with van der Waals surface area (Å²) in [5, 5.41) is 23.9. The first-order valence-electron chi connectivity index (χ1n) is 28.7. The van der Waals surface area contributed by atoms with Crippen LogP contribution in [0.5, 0.6) is 0 Å². The number of allylic oxidation sites excluding steroid dienone is 6. The zero-order chi connectivity index (χ0) is 47.4. The molecule has 0 aromatic rings. The molecule has 3 unspecified atom stereocenters. The third-order valence-electron chi connectivity index (χ3n) is 13.3. The summed E-state index contributed by atoms with van der Waals surface area (Å²) in [6.07, 6.45) is 63.6. The van der Waals surface area contributed by atoms with Gasteiger partial charge >= 0.3 is 5.97 Å². The molecule has 0 spiro atoms. The van der Waals surface area contributed by atoms with Crippen LogP contribution in [0.25, 0.3) is 0 Å². The fourth-order valence-corrected chi connectivity index (χ4v) is 8.96. The lowest BCUT2D eigenvalue weighted by atomic mass is 10.0. The molecule has 3 N–H and O–H groups in total. The predicted molar refractivity (Wildman–Crippen MR) is 282 cm³/mol. The normalized spacial score (nSPS) is 13.4. The van der Waals surface area contributed by atoms with Crippen LogP contribution in [0, 0.1) is 0 Å². The van der Waals surface area contributed by atoms with E-state index >= 15 is 0 Å². The van der Waals surface area contributed by atoms with Gasteiger partial charge in [-0.15, -0.1) is 0 Å². The number of carbonyl (C=O) groups is 2. The minimum atomic E-state index is -0.791. The molecule has 0 bridgehead atoms.